The molecule has 0 saturated carbocycles. The Morgan fingerprint density at radius 3 is 2.05 bits per heavy atom. The number of aromatic nitrogens is 1. The Labute approximate surface area is 242 Å². The highest BCUT2D eigenvalue weighted by atomic mass is 16.2. The molecule has 0 aliphatic carbocycles. The van der Waals surface area contributed by atoms with Gasteiger partial charge in [0.1, 0.15) is 0 Å². The van der Waals surface area contributed by atoms with Crippen LogP contribution in [-0.4, -0.2) is 95.3 Å². The van der Waals surface area contributed by atoms with E-state index >= 15 is 0 Å². The zero-order chi connectivity index (χ0) is 28.2. The minimum atomic E-state index is -0.131. The van der Waals surface area contributed by atoms with Crippen molar-refractivity contribution in [2.24, 2.45) is 0 Å². The average molecular weight is 548 g/mol. The van der Waals surface area contributed by atoms with Crippen LogP contribution in [0.3, 0.4) is 0 Å². The van der Waals surface area contributed by atoms with E-state index < -0.39 is 0 Å². The van der Waals surface area contributed by atoms with Gasteiger partial charge in [-0.05, 0) is 23.6 Å². The number of fused-ring (bicyclic) bond motifs is 1. The Morgan fingerprint density at radius 2 is 1.37 bits per heavy atom. The number of hydrogen-bond acceptors (Lipinski definition) is 5. The third kappa shape index (κ3) is 5.87. The van der Waals surface area contributed by atoms with Crippen LogP contribution in [0.25, 0.3) is 10.8 Å². The average Bonchev–Trinajstić information content (AvgIpc) is 3.02. The molecule has 41 heavy (non-hydrogen) atoms. The van der Waals surface area contributed by atoms with Crippen LogP contribution in [0.2, 0.25) is 0 Å². The summed E-state index contributed by atoms with van der Waals surface area (Å²) in [5.74, 6) is 0.135. The summed E-state index contributed by atoms with van der Waals surface area (Å²) in [5, 5.41) is 1.86. The molecule has 3 heterocycles. The predicted molar refractivity (Wildman–Crippen MR) is 162 cm³/mol. The fourth-order valence-electron chi connectivity index (χ4n) is 6.27. The van der Waals surface area contributed by atoms with Gasteiger partial charge in [-0.25, -0.2) is 0 Å². The first-order valence-electron chi connectivity index (χ1n) is 14.5. The lowest BCUT2D eigenvalue weighted by atomic mass is 9.93. The van der Waals surface area contributed by atoms with Crippen molar-refractivity contribution in [3.63, 3.8) is 0 Å². The van der Waals surface area contributed by atoms with Crippen LogP contribution in [0.5, 0.6) is 0 Å². The van der Waals surface area contributed by atoms with E-state index in [1.807, 2.05) is 46.2 Å². The van der Waals surface area contributed by atoms with Gasteiger partial charge in [-0.3, -0.25) is 19.5 Å². The van der Waals surface area contributed by atoms with Crippen LogP contribution >= 0.6 is 0 Å². The van der Waals surface area contributed by atoms with Gasteiger partial charge < -0.3 is 14.7 Å². The molecule has 1 atom stereocenters. The number of nitrogens with zero attached hydrogens (tertiary/aromatic N) is 5. The molecule has 4 aromatic rings. The highest BCUT2D eigenvalue weighted by molar-refractivity contribution is 6.06. The maximum absolute atomic E-state index is 14.0. The van der Waals surface area contributed by atoms with Gasteiger partial charge in [-0.2, -0.15) is 0 Å². The van der Waals surface area contributed by atoms with Crippen molar-refractivity contribution >= 4 is 22.6 Å². The Balaban J connectivity index is 1.32. The number of piperazine rings is 2. The highest BCUT2D eigenvalue weighted by Gasteiger charge is 2.37. The maximum atomic E-state index is 14.0. The number of carbonyl (C=O) groups is 2. The fourth-order valence-corrected chi connectivity index (χ4v) is 6.27. The summed E-state index contributed by atoms with van der Waals surface area (Å²) < 4.78 is 0. The number of hydrogen-bond donors (Lipinski definition) is 0. The van der Waals surface area contributed by atoms with Gasteiger partial charge in [0.25, 0.3) is 5.91 Å². The molecule has 210 valence electrons. The fraction of sp³-hybridized carbons (Fsp3) is 0.324. The van der Waals surface area contributed by atoms with Crippen molar-refractivity contribution in [2.75, 3.05) is 52.9 Å². The Bertz CT molecular complexity index is 1440. The lowest BCUT2D eigenvalue weighted by Crippen LogP contribution is -2.57. The molecular weight excluding hydrogens is 510 g/mol. The first-order valence-corrected chi connectivity index (χ1v) is 14.5. The smallest absolute Gasteiger partial charge is 0.256 e. The summed E-state index contributed by atoms with van der Waals surface area (Å²) in [6, 6.07) is 28.8. The zero-order valence-electron chi connectivity index (χ0n) is 23.6. The van der Waals surface area contributed by atoms with Crippen molar-refractivity contribution in [2.45, 2.75) is 18.5 Å². The molecule has 2 aliphatic rings. The summed E-state index contributed by atoms with van der Waals surface area (Å²) in [7, 11) is 2.10. The summed E-state index contributed by atoms with van der Waals surface area (Å²) in [4.78, 5) is 40.7. The van der Waals surface area contributed by atoms with E-state index in [1.54, 1.807) is 12.4 Å². The van der Waals surface area contributed by atoms with E-state index in [4.69, 9.17) is 0 Å². The monoisotopic (exact) mass is 547 g/mol. The molecule has 6 rings (SSSR count). The predicted octanol–water partition coefficient (Wildman–Crippen LogP) is 4.31. The number of benzene rings is 3. The van der Waals surface area contributed by atoms with Gasteiger partial charge >= 0.3 is 0 Å². The largest absolute Gasteiger partial charge is 0.340 e. The molecule has 0 bridgehead atoms. The number of rotatable bonds is 6. The lowest BCUT2D eigenvalue weighted by molar-refractivity contribution is -0.134. The molecule has 2 saturated heterocycles. The summed E-state index contributed by atoms with van der Waals surface area (Å²) in [5.41, 5.74) is 2.99. The summed E-state index contributed by atoms with van der Waals surface area (Å²) in [6.07, 6.45) is 3.85. The second-order valence-electron chi connectivity index (χ2n) is 11.2. The topological polar surface area (TPSA) is 60.0 Å². The van der Waals surface area contributed by atoms with E-state index in [0.717, 1.165) is 37.0 Å². The molecule has 2 amide bonds. The van der Waals surface area contributed by atoms with E-state index in [0.29, 0.717) is 31.6 Å². The Kier molecular flexibility index (Phi) is 8.07. The first-order chi connectivity index (χ1) is 20.1. The molecule has 2 aliphatic heterocycles. The molecule has 0 radical (unpaired) electrons. The maximum Gasteiger partial charge on any atom is 0.256 e. The van der Waals surface area contributed by atoms with Gasteiger partial charge in [0.05, 0.1) is 11.6 Å². The number of pyridine rings is 1. The van der Waals surface area contributed by atoms with Gasteiger partial charge in [-0.15, -0.1) is 0 Å². The van der Waals surface area contributed by atoms with E-state index in [-0.39, 0.29) is 23.9 Å². The molecule has 7 nitrogen and oxygen atoms in total. The van der Waals surface area contributed by atoms with E-state index in [9.17, 15) is 9.59 Å². The second-order valence-corrected chi connectivity index (χ2v) is 11.2. The zero-order valence-corrected chi connectivity index (χ0v) is 23.6. The molecule has 1 unspecified atom stereocenters. The van der Waals surface area contributed by atoms with Crippen LogP contribution < -0.4 is 0 Å². The Hall–Kier alpha value is -4.07. The second kappa shape index (κ2) is 12.2. The van der Waals surface area contributed by atoms with Crippen molar-refractivity contribution in [3.05, 3.63) is 114 Å². The Morgan fingerprint density at radius 1 is 0.756 bits per heavy atom. The SMILES string of the molecule is CN1CCN(C(=O)CC2CN(C(=O)c3cncc4ccccc34)CCN2C(c2ccccc2)c2ccccc2)CC1. The van der Waals surface area contributed by atoms with Crippen molar-refractivity contribution in [3.8, 4) is 0 Å². The third-order valence-corrected chi connectivity index (χ3v) is 8.54. The standard InChI is InChI=1S/C34H37N5O2/c1-36-16-18-37(19-17-36)32(40)22-29-25-38(34(41)31-24-35-23-28-14-8-9-15-30(28)31)20-21-39(29)33(26-10-4-2-5-11-26)27-12-6-3-7-13-27/h2-15,23-24,29,33H,16-22,25H2,1H3. The van der Waals surface area contributed by atoms with E-state index in [2.05, 4.69) is 70.4 Å². The van der Waals surface area contributed by atoms with Gasteiger partial charge in [-0.1, -0.05) is 84.9 Å². The number of carbonyl (C=O) groups excluding carboxylic acids is 2. The normalized spacial score (nSPS) is 18.6. The van der Waals surface area contributed by atoms with Gasteiger partial charge in [0, 0.05) is 76.1 Å². The molecule has 2 fully saturated rings. The molecular formula is C34H37N5O2. The number of likely N-dealkylation sites (N-methyl/N-ethyl adjacent to an activating group) is 1. The molecule has 0 spiro atoms. The lowest BCUT2D eigenvalue weighted by Gasteiger charge is -2.46. The quantitative estimate of drug-likeness (QED) is 0.360. The van der Waals surface area contributed by atoms with Gasteiger partial charge in [0.15, 0.2) is 0 Å². The molecule has 0 N–H and O–H groups in total. The minimum Gasteiger partial charge on any atom is -0.340 e. The van der Waals surface area contributed by atoms with Crippen LogP contribution in [0, 0.1) is 0 Å². The summed E-state index contributed by atoms with van der Waals surface area (Å²) >= 11 is 0. The summed E-state index contributed by atoms with van der Waals surface area (Å²) in [6.45, 7) is 4.99. The van der Waals surface area contributed by atoms with Crippen molar-refractivity contribution < 1.29 is 9.59 Å². The van der Waals surface area contributed by atoms with Crippen molar-refractivity contribution in [1.82, 2.24) is 24.6 Å². The van der Waals surface area contributed by atoms with Crippen molar-refractivity contribution in [1.29, 1.82) is 0 Å². The highest BCUT2D eigenvalue weighted by Crippen LogP contribution is 2.33. The van der Waals surface area contributed by atoms with E-state index in [1.165, 1.54) is 11.1 Å². The van der Waals surface area contributed by atoms with Gasteiger partial charge in [0.2, 0.25) is 5.91 Å². The minimum absolute atomic E-state index is 0.0147. The first kappa shape index (κ1) is 27.1. The third-order valence-electron chi connectivity index (χ3n) is 8.54. The molecule has 1 aromatic heterocycles. The number of amides is 2. The van der Waals surface area contributed by atoms with Crippen LogP contribution in [-0.2, 0) is 4.79 Å². The van der Waals surface area contributed by atoms with Crippen LogP contribution in [0.1, 0.15) is 33.9 Å². The molecule has 7 heteroatoms. The molecule has 3 aromatic carbocycles. The van der Waals surface area contributed by atoms with Crippen LogP contribution in [0.15, 0.2) is 97.3 Å². The van der Waals surface area contributed by atoms with Crippen LogP contribution in [0.4, 0.5) is 0 Å².